The lowest BCUT2D eigenvalue weighted by molar-refractivity contribution is 0.102. The van der Waals surface area contributed by atoms with E-state index in [1.807, 2.05) is 36.4 Å². The fraction of sp³-hybridized carbons (Fsp3) is 0. The smallest absolute Gasteiger partial charge is 0.393 e. The standard InChI is InChI=1S/C18H14N4O3/c19-17(22-25-18(23)24-14-9-2-1-3-10-14)21-20-16-12-6-8-13-7-4-5-11-15(13)16/h1-12H,(H2,19,22). The third-order valence-corrected chi connectivity index (χ3v) is 3.18. The molecule has 0 aliphatic rings. The number of carbonyl (C=O) groups is 1. The first-order valence-corrected chi connectivity index (χ1v) is 7.39. The summed E-state index contributed by atoms with van der Waals surface area (Å²) in [6.07, 6.45) is -1.02. The largest absolute Gasteiger partial charge is 0.540 e. The van der Waals surface area contributed by atoms with Crippen molar-refractivity contribution in [3.63, 3.8) is 0 Å². The molecule has 0 saturated carbocycles. The zero-order chi connectivity index (χ0) is 17.5. The van der Waals surface area contributed by atoms with Gasteiger partial charge >= 0.3 is 6.16 Å². The van der Waals surface area contributed by atoms with Gasteiger partial charge < -0.3 is 10.5 Å². The number of hydrogen-bond acceptors (Lipinski definition) is 5. The van der Waals surface area contributed by atoms with Crippen molar-refractivity contribution in [2.24, 2.45) is 21.1 Å². The number of ether oxygens (including phenoxy) is 1. The Hall–Kier alpha value is -3.74. The lowest BCUT2D eigenvalue weighted by Gasteiger charge is -2.01. The van der Waals surface area contributed by atoms with Gasteiger partial charge in [0.05, 0.1) is 5.69 Å². The van der Waals surface area contributed by atoms with E-state index in [1.165, 1.54) is 0 Å². The molecular weight excluding hydrogens is 320 g/mol. The Kier molecular flexibility index (Phi) is 4.96. The van der Waals surface area contributed by atoms with Crippen molar-refractivity contribution in [1.82, 2.24) is 0 Å². The monoisotopic (exact) mass is 334 g/mol. The van der Waals surface area contributed by atoms with Crippen LogP contribution in [0.3, 0.4) is 0 Å². The van der Waals surface area contributed by atoms with Crippen LogP contribution in [0.2, 0.25) is 0 Å². The molecule has 0 amide bonds. The van der Waals surface area contributed by atoms with Gasteiger partial charge in [0, 0.05) is 5.39 Å². The molecule has 0 bridgehead atoms. The molecule has 0 heterocycles. The van der Waals surface area contributed by atoms with Crippen LogP contribution in [0.1, 0.15) is 0 Å². The molecule has 124 valence electrons. The second kappa shape index (κ2) is 7.69. The van der Waals surface area contributed by atoms with Crippen molar-refractivity contribution in [3.05, 3.63) is 72.8 Å². The van der Waals surface area contributed by atoms with Gasteiger partial charge in [0.2, 0.25) is 0 Å². The van der Waals surface area contributed by atoms with Crippen molar-refractivity contribution < 1.29 is 14.4 Å². The fourth-order valence-electron chi connectivity index (χ4n) is 2.11. The number of para-hydroxylation sites is 1. The average molecular weight is 334 g/mol. The maximum absolute atomic E-state index is 11.5. The van der Waals surface area contributed by atoms with Crippen LogP contribution in [-0.4, -0.2) is 12.1 Å². The van der Waals surface area contributed by atoms with Gasteiger partial charge in [0.15, 0.2) is 0 Å². The minimum atomic E-state index is -1.02. The van der Waals surface area contributed by atoms with Gasteiger partial charge in [-0.2, -0.15) is 0 Å². The van der Waals surface area contributed by atoms with Crippen LogP contribution in [0, 0.1) is 0 Å². The number of guanidine groups is 1. The van der Waals surface area contributed by atoms with Gasteiger partial charge in [-0.25, -0.2) is 4.79 Å². The van der Waals surface area contributed by atoms with Crippen LogP contribution in [0.5, 0.6) is 5.75 Å². The summed E-state index contributed by atoms with van der Waals surface area (Å²) in [4.78, 5) is 16.0. The predicted octanol–water partition coefficient (Wildman–Crippen LogP) is 4.37. The highest BCUT2D eigenvalue weighted by molar-refractivity contribution is 5.92. The lowest BCUT2D eigenvalue weighted by Crippen LogP contribution is -2.12. The van der Waals surface area contributed by atoms with E-state index in [9.17, 15) is 4.79 Å². The van der Waals surface area contributed by atoms with Crippen molar-refractivity contribution >= 4 is 28.6 Å². The van der Waals surface area contributed by atoms with Crippen LogP contribution >= 0.6 is 0 Å². The van der Waals surface area contributed by atoms with E-state index >= 15 is 0 Å². The van der Waals surface area contributed by atoms with E-state index < -0.39 is 6.16 Å². The minimum Gasteiger partial charge on any atom is -0.393 e. The summed E-state index contributed by atoms with van der Waals surface area (Å²) in [5.74, 6) is 0.0246. The Labute approximate surface area is 143 Å². The Morgan fingerprint density at radius 3 is 2.44 bits per heavy atom. The molecular formula is C18H14N4O3. The molecule has 2 N–H and O–H groups in total. The Morgan fingerprint density at radius 1 is 0.880 bits per heavy atom. The molecule has 0 aromatic heterocycles. The molecule has 3 aromatic carbocycles. The number of benzene rings is 3. The van der Waals surface area contributed by atoms with Crippen LogP contribution in [0.4, 0.5) is 10.5 Å². The van der Waals surface area contributed by atoms with Crippen LogP contribution < -0.4 is 10.5 Å². The number of fused-ring (bicyclic) bond motifs is 1. The van der Waals surface area contributed by atoms with Gasteiger partial charge in [-0.3, -0.25) is 4.84 Å². The molecule has 0 radical (unpaired) electrons. The quantitative estimate of drug-likeness (QED) is 0.146. The lowest BCUT2D eigenvalue weighted by atomic mass is 10.1. The first kappa shape index (κ1) is 16.1. The van der Waals surface area contributed by atoms with Gasteiger partial charge in [0.1, 0.15) is 5.75 Å². The second-order valence-corrected chi connectivity index (χ2v) is 4.90. The first-order chi connectivity index (χ1) is 12.2. The number of hydrogen-bond donors (Lipinski definition) is 1. The van der Waals surface area contributed by atoms with Gasteiger partial charge in [-0.15, -0.1) is 10.2 Å². The van der Waals surface area contributed by atoms with Crippen LogP contribution in [-0.2, 0) is 4.84 Å². The van der Waals surface area contributed by atoms with E-state index in [1.54, 1.807) is 36.4 Å². The van der Waals surface area contributed by atoms with E-state index in [0.717, 1.165) is 10.8 Å². The summed E-state index contributed by atoms with van der Waals surface area (Å²) in [6.45, 7) is 0. The van der Waals surface area contributed by atoms with E-state index in [-0.39, 0.29) is 5.96 Å². The molecule has 3 aromatic rings. The Bertz CT molecular complexity index is 934. The fourth-order valence-corrected chi connectivity index (χ4v) is 2.11. The first-order valence-electron chi connectivity index (χ1n) is 7.39. The number of carbonyl (C=O) groups excluding carboxylic acids is 1. The molecule has 25 heavy (non-hydrogen) atoms. The summed E-state index contributed by atoms with van der Waals surface area (Å²) < 4.78 is 4.89. The van der Waals surface area contributed by atoms with Crippen LogP contribution in [0.15, 0.2) is 88.2 Å². The van der Waals surface area contributed by atoms with Crippen molar-refractivity contribution in [2.75, 3.05) is 0 Å². The molecule has 0 saturated heterocycles. The zero-order valence-electron chi connectivity index (χ0n) is 13.1. The SMILES string of the molecule is N/C(N=Nc1cccc2ccccc12)=N\OC(=O)Oc1ccccc1. The molecule has 0 unspecified atom stereocenters. The molecule has 0 atom stereocenters. The number of azo groups is 1. The molecule has 3 rings (SSSR count). The highest BCUT2D eigenvalue weighted by Gasteiger charge is 2.06. The molecule has 7 nitrogen and oxygen atoms in total. The number of oxime groups is 1. The second-order valence-electron chi connectivity index (χ2n) is 4.90. The van der Waals surface area contributed by atoms with E-state index in [0.29, 0.717) is 11.4 Å². The normalized spacial score (nSPS) is 11.6. The average Bonchev–Trinajstić information content (AvgIpc) is 2.65. The minimum absolute atomic E-state index is 0.307. The maximum atomic E-state index is 11.5. The van der Waals surface area contributed by atoms with Gasteiger partial charge in [-0.05, 0) is 28.7 Å². The zero-order valence-corrected chi connectivity index (χ0v) is 13.1. The maximum Gasteiger partial charge on any atom is 0.540 e. The third-order valence-electron chi connectivity index (χ3n) is 3.18. The Morgan fingerprint density at radius 2 is 1.60 bits per heavy atom. The summed E-state index contributed by atoms with van der Waals surface area (Å²) in [6, 6.07) is 21.8. The molecule has 7 heteroatoms. The topological polar surface area (TPSA) is 98.6 Å². The Balaban J connectivity index is 1.64. The van der Waals surface area contributed by atoms with Crippen molar-refractivity contribution in [3.8, 4) is 5.75 Å². The summed E-state index contributed by atoms with van der Waals surface area (Å²) >= 11 is 0. The summed E-state index contributed by atoms with van der Waals surface area (Å²) in [7, 11) is 0. The summed E-state index contributed by atoms with van der Waals surface area (Å²) in [5.41, 5.74) is 6.19. The predicted molar refractivity (Wildman–Crippen MR) is 93.6 cm³/mol. The highest BCUT2D eigenvalue weighted by Crippen LogP contribution is 2.25. The number of nitrogens with zero attached hydrogens (tertiary/aromatic N) is 3. The molecule has 0 spiro atoms. The molecule has 0 aliphatic heterocycles. The summed E-state index contributed by atoms with van der Waals surface area (Å²) in [5, 5.41) is 13.1. The number of nitrogens with two attached hydrogens (primary N) is 1. The van der Waals surface area contributed by atoms with Crippen LogP contribution in [0.25, 0.3) is 10.8 Å². The molecule has 0 fully saturated rings. The number of rotatable bonds is 3. The third kappa shape index (κ3) is 4.38. The van der Waals surface area contributed by atoms with E-state index in [2.05, 4.69) is 20.2 Å². The highest BCUT2D eigenvalue weighted by atomic mass is 16.8. The van der Waals surface area contributed by atoms with Gasteiger partial charge in [-0.1, -0.05) is 54.6 Å². The molecule has 0 aliphatic carbocycles. The van der Waals surface area contributed by atoms with Crippen molar-refractivity contribution in [2.45, 2.75) is 0 Å². The van der Waals surface area contributed by atoms with Gasteiger partial charge in [0.25, 0.3) is 5.96 Å². The van der Waals surface area contributed by atoms with E-state index in [4.69, 9.17) is 10.5 Å². The van der Waals surface area contributed by atoms with Crippen molar-refractivity contribution in [1.29, 1.82) is 0 Å².